The van der Waals surface area contributed by atoms with Crippen molar-refractivity contribution in [3.8, 4) is 5.75 Å². The van der Waals surface area contributed by atoms with Crippen LogP contribution >= 0.6 is 12.6 Å². The van der Waals surface area contributed by atoms with Crippen LogP contribution in [-0.2, 0) is 10.9 Å². The van der Waals surface area contributed by atoms with Gasteiger partial charge in [0.05, 0.1) is 6.61 Å². The largest absolute Gasteiger partial charge is 0.493 e. The Bertz CT molecular complexity index is 895. The number of halogens is 2. The molecule has 1 aliphatic heterocycles. The number of hydrogen-bond donors (Lipinski definition) is 1. The minimum atomic E-state index is -2.75. The van der Waals surface area contributed by atoms with Crippen molar-refractivity contribution in [1.29, 1.82) is 0 Å². The summed E-state index contributed by atoms with van der Waals surface area (Å²) in [5.41, 5.74) is 0. The molecule has 0 N–H and O–H groups in total. The maximum Gasteiger partial charge on any atom is 0.291 e. The summed E-state index contributed by atoms with van der Waals surface area (Å²) in [7, 11) is 0.463. The van der Waals surface area contributed by atoms with E-state index in [1.807, 2.05) is 0 Å². The van der Waals surface area contributed by atoms with Gasteiger partial charge < -0.3 is 4.74 Å². The zero-order chi connectivity index (χ0) is 24.5. The smallest absolute Gasteiger partial charge is 0.291 e. The molecule has 1 heterocycles. The van der Waals surface area contributed by atoms with E-state index in [0.717, 1.165) is 31.1 Å². The number of benzene rings is 2. The lowest BCUT2D eigenvalue weighted by Gasteiger charge is -2.22. The SMILES string of the molecule is FC(F)(S)CCC1CCCCC1.c1ccc2c([S+]3CCCC3)ccc(OCC3CCCCC3)c2c1. The molecule has 2 aromatic rings. The summed E-state index contributed by atoms with van der Waals surface area (Å²) in [6.45, 7) is 0.898. The summed E-state index contributed by atoms with van der Waals surface area (Å²) in [5, 5.41) is -0.00338. The predicted octanol–water partition coefficient (Wildman–Crippen LogP) is 9.44. The van der Waals surface area contributed by atoms with Crippen LogP contribution in [0.3, 0.4) is 0 Å². The van der Waals surface area contributed by atoms with Crippen molar-refractivity contribution in [2.75, 3.05) is 18.1 Å². The van der Waals surface area contributed by atoms with Crippen molar-refractivity contribution in [2.24, 2.45) is 11.8 Å². The number of ether oxygens (including phenoxy) is 1. The lowest BCUT2D eigenvalue weighted by Crippen LogP contribution is -2.15. The summed E-state index contributed by atoms with van der Waals surface area (Å²) in [6, 6.07) is 13.5. The van der Waals surface area contributed by atoms with Crippen LogP contribution in [0.25, 0.3) is 10.8 Å². The average molecular weight is 522 g/mol. The van der Waals surface area contributed by atoms with Crippen molar-refractivity contribution in [3.63, 3.8) is 0 Å². The van der Waals surface area contributed by atoms with Gasteiger partial charge in [-0.2, -0.15) is 8.78 Å². The highest BCUT2D eigenvalue weighted by Crippen LogP contribution is 2.36. The van der Waals surface area contributed by atoms with Crippen LogP contribution in [0, 0.1) is 11.8 Å². The molecule has 1 saturated heterocycles. The zero-order valence-corrected chi connectivity index (χ0v) is 22.9. The van der Waals surface area contributed by atoms with Crippen LogP contribution in [0.5, 0.6) is 5.75 Å². The lowest BCUT2D eigenvalue weighted by atomic mass is 9.86. The molecule has 3 aliphatic rings. The Kier molecular flexibility index (Phi) is 10.5. The zero-order valence-electron chi connectivity index (χ0n) is 21.2. The molecule has 0 aromatic heterocycles. The van der Waals surface area contributed by atoms with Gasteiger partial charge in [-0.25, -0.2) is 0 Å². The van der Waals surface area contributed by atoms with Gasteiger partial charge in [-0.05, 0) is 62.1 Å². The fourth-order valence-electron chi connectivity index (χ4n) is 5.91. The van der Waals surface area contributed by atoms with Crippen LogP contribution < -0.4 is 4.74 Å². The molecule has 5 rings (SSSR count). The normalized spacial score (nSPS) is 20.5. The number of hydrogen-bond acceptors (Lipinski definition) is 2. The van der Waals surface area contributed by atoms with E-state index in [-0.39, 0.29) is 6.42 Å². The van der Waals surface area contributed by atoms with Crippen molar-refractivity contribution in [3.05, 3.63) is 36.4 Å². The van der Waals surface area contributed by atoms with Crippen molar-refractivity contribution in [2.45, 2.75) is 100 Å². The Balaban J connectivity index is 0.000000204. The van der Waals surface area contributed by atoms with Crippen LogP contribution in [0.1, 0.15) is 89.9 Å². The molecule has 0 radical (unpaired) electrons. The van der Waals surface area contributed by atoms with Gasteiger partial charge in [-0.15, -0.1) is 12.6 Å². The van der Waals surface area contributed by atoms with Crippen LogP contribution in [0.2, 0.25) is 0 Å². The summed E-state index contributed by atoms with van der Waals surface area (Å²) in [4.78, 5) is 1.57. The Morgan fingerprint density at radius 2 is 1.37 bits per heavy atom. The highest BCUT2D eigenvalue weighted by atomic mass is 32.2. The summed E-state index contributed by atoms with van der Waals surface area (Å²) in [6.07, 6.45) is 16.3. The first-order valence-electron chi connectivity index (χ1n) is 13.9. The third-order valence-corrected chi connectivity index (χ3v) is 10.7. The first-order valence-corrected chi connectivity index (χ1v) is 15.9. The second kappa shape index (κ2) is 13.6. The first-order chi connectivity index (χ1) is 17.0. The number of fused-ring (bicyclic) bond motifs is 1. The van der Waals surface area contributed by atoms with Crippen LogP contribution in [0.15, 0.2) is 41.3 Å². The lowest BCUT2D eigenvalue weighted by molar-refractivity contribution is 0.0865. The van der Waals surface area contributed by atoms with E-state index in [0.29, 0.717) is 23.2 Å². The monoisotopic (exact) mass is 521 g/mol. The molecular formula is C30H43F2OS2+. The van der Waals surface area contributed by atoms with Gasteiger partial charge in [0, 0.05) is 28.1 Å². The van der Waals surface area contributed by atoms with Gasteiger partial charge in [0.1, 0.15) is 17.3 Å². The highest BCUT2D eigenvalue weighted by Gasteiger charge is 2.29. The molecule has 0 amide bonds. The molecule has 3 fully saturated rings. The Labute approximate surface area is 219 Å². The molecular weight excluding hydrogens is 478 g/mol. The Morgan fingerprint density at radius 1 is 0.771 bits per heavy atom. The van der Waals surface area contributed by atoms with E-state index in [2.05, 4.69) is 49.0 Å². The van der Waals surface area contributed by atoms with Gasteiger partial charge >= 0.3 is 0 Å². The summed E-state index contributed by atoms with van der Waals surface area (Å²) in [5.74, 6) is 5.16. The molecule has 2 saturated carbocycles. The van der Waals surface area contributed by atoms with E-state index in [1.54, 1.807) is 4.90 Å². The van der Waals surface area contributed by atoms with E-state index in [1.165, 1.54) is 86.5 Å². The van der Waals surface area contributed by atoms with Gasteiger partial charge in [0.2, 0.25) is 0 Å². The quantitative estimate of drug-likeness (QED) is 0.282. The van der Waals surface area contributed by atoms with Crippen LogP contribution in [-0.4, -0.2) is 23.4 Å². The fraction of sp³-hybridized carbons (Fsp3) is 0.667. The van der Waals surface area contributed by atoms with Gasteiger partial charge in [0.25, 0.3) is 5.25 Å². The predicted molar refractivity (Wildman–Crippen MR) is 150 cm³/mol. The maximum atomic E-state index is 12.3. The third kappa shape index (κ3) is 8.55. The molecule has 0 unspecified atom stereocenters. The van der Waals surface area contributed by atoms with Gasteiger partial charge in [0.15, 0.2) is 4.90 Å². The van der Waals surface area contributed by atoms with Gasteiger partial charge in [-0.3, -0.25) is 0 Å². The maximum absolute atomic E-state index is 12.3. The van der Waals surface area contributed by atoms with Gasteiger partial charge in [-0.1, -0.05) is 69.6 Å². The summed E-state index contributed by atoms with van der Waals surface area (Å²) < 4.78 is 31.0. The molecule has 2 aromatic carbocycles. The molecule has 1 nitrogen and oxygen atoms in total. The fourth-order valence-corrected chi connectivity index (χ4v) is 8.54. The molecule has 194 valence electrons. The van der Waals surface area contributed by atoms with E-state index in [9.17, 15) is 8.78 Å². The number of thiol groups is 1. The Morgan fingerprint density at radius 3 is 2.00 bits per heavy atom. The third-order valence-electron chi connectivity index (χ3n) is 7.96. The Hall–Kier alpha value is -0.940. The molecule has 2 aliphatic carbocycles. The number of alkyl halides is 2. The second-order valence-corrected chi connectivity index (χ2v) is 13.6. The standard InChI is InChI=1S/C21H27OS.C9H16F2S/c1-2-8-17(9-3-1)16-22-20-12-13-21(23-14-6-7-15-23)19-11-5-4-10-18(19)20;10-9(11,12)7-6-8-4-2-1-3-5-8/h4-5,10-13,17H,1-3,6-9,14-16H2;8,12H,1-7H2/q+1;. The first kappa shape index (κ1) is 27.1. The van der Waals surface area contributed by atoms with E-state index >= 15 is 0 Å². The molecule has 5 heteroatoms. The van der Waals surface area contributed by atoms with Crippen molar-refractivity contribution < 1.29 is 13.5 Å². The molecule has 0 atom stereocenters. The van der Waals surface area contributed by atoms with Crippen LogP contribution in [0.4, 0.5) is 8.78 Å². The summed E-state index contributed by atoms with van der Waals surface area (Å²) >= 11 is 3.22. The van der Waals surface area contributed by atoms with E-state index < -0.39 is 5.25 Å². The topological polar surface area (TPSA) is 9.23 Å². The second-order valence-electron chi connectivity index (χ2n) is 10.7. The van der Waals surface area contributed by atoms with Crippen molar-refractivity contribution >= 4 is 34.3 Å². The minimum absolute atomic E-state index is 0.0548. The molecule has 0 spiro atoms. The number of rotatable bonds is 7. The molecule has 0 bridgehead atoms. The van der Waals surface area contributed by atoms with Crippen molar-refractivity contribution in [1.82, 2.24) is 0 Å². The van der Waals surface area contributed by atoms with E-state index in [4.69, 9.17) is 4.74 Å². The molecule has 35 heavy (non-hydrogen) atoms. The minimum Gasteiger partial charge on any atom is -0.493 e. The highest BCUT2D eigenvalue weighted by molar-refractivity contribution is 7.97. The average Bonchev–Trinajstić information content (AvgIpc) is 3.42.